The number of benzene rings is 1. The minimum Gasteiger partial charge on any atom is -0.465 e. The van der Waals surface area contributed by atoms with E-state index in [0.717, 1.165) is 12.8 Å². The minimum absolute atomic E-state index is 0. The van der Waals surface area contributed by atoms with Crippen LogP contribution in [0.15, 0.2) is 24.3 Å². The van der Waals surface area contributed by atoms with Gasteiger partial charge in [-0.15, -0.1) is 12.4 Å². The number of nitrogens with two attached hydrogens (primary N) is 1. The lowest BCUT2D eigenvalue weighted by Gasteiger charge is -2.36. The van der Waals surface area contributed by atoms with E-state index < -0.39 is 16.0 Å². The van der Waals surface area contributed by atoms with Crippen molar-refractivity contribution in [3.05, 3.63) is 35.4 Å². The number of hydrogen-bond donors (Lipinski definition) is 1. The van der Waals surface area contributed by atoms with Gasteiger partial charge in [-0.05, 0) is 36.5 Å². The van der Waals surface area contributed by atoms with Gasteiger partial charge in [0.25, 0.3) is 0 Å². The predicted octanol–water partition coefficient (Wildman–Crippen LogP) is 1.78. The lowest BCUT2D eigenvalue weighted by atomic mass is 9.94. The number of sulfonamides is 1. The van der Waals surface area contributed by atoms with Crippen LogP contribution in [0.2, 0.25) is 0 Å². The fourth-order valence-corrected chi connectivity index (χ4v) is 4.79. The fourth-order valence-electron chi connectivity index (χ4n) is 3.01. The van der Waals surface area contributed by atoms with Crippen LogP contribution in [0.1, 0.15) is 35.7 Å². The highest BCUT2D eigenvalue weighted by Crippen LogP contribution is 2.26. The van der Waals surface area contributed by atoms with E-state index in [0.29, 0.717) is 30.1 Å². The van der Waals surface area contributed by atoms with Gasteiger partial charge in [0, 0.05) is 19.1 Å². The summed E-state index contributed by atoms with van der Waals surface area (Å²) < 4.78 is 31.7. The summed E-state index contributed by atoms with van der Waals surface area (Å²) in [5, 5.41) is 0. The molecule has 136 valence electrons. The van der Waals surface area contributed by atoms with Crippen molar-refractivity contribution in [3.63, 3.8) is 0 Å². The third-order valence-electron chi connectivity index (χ3n) is 4.25. The summed E-state index contributed by atoms with van der Waals surface area (Å²) in [6.07, 6.45) is 1.63. The van der Waals surface area contributed by atoms with Crippen molar-refractivity contribution in [2.24, 2.45) is 11.7 Å². The lowest BCUT2D eigenvalue weighted by molar-refractivity contribution is 0.0600. The van der Waals surface area contributed by atoms with E-state index in [1.807, 2.05) is 0 Å². The Morgan fingerprint density at radius 3 is 2.75 bits per heavy atom. The van der Waals surface area contributed by atoms with Crippen LogP contribution >= 0.6 is 12.4 Å². The molecule has 8 heteroatoms. The topological polar surface area (TPSA) is 89.7 Å². The molecular formula is C16H25ClN2O4S. The SMILES string of the molecule is COC(=O)c1cccc(CS(=O)(=O)N2CCC(C)CC2CN)c1.Cl. The molecule has 2 rings (SSSR count). The highest BCUT2D eigenvalue weighted by Gasteiger charge is 2.33. The first-order chi connectivity index (χ1) is 10.9. The number of carbonyl (C=O) groups is 1. The number of esters is 1. The summed E-state index contributed by atoms with van der Waals surface area (Å²) in [6.45, 7) is 2.94. The van der Waals surface area contributed by atoms with Gasteiger partial charge in [-0.1, -0.05) is 19.1 Å². The molecule has 0 saturated carbocycles. The quantitative estimate of drug-likeness (QED) is 0.791. The molecule has 1 aromatic carbocycles. The third kappa shape index (κ3) is 4.92. The van der Waals surface area contributed by atoms with Crippen molar-refractivity contribution in [2.75, 3.05) is 20.2 Å². The summed E-state index contributed by atoms with van der Waals surface area (Å²) in [5.41, 5.74) is 6.68. The summed E-state index contributed by atoms with van der Waals surface area (Å²) in [7, 11) is -2.17. The summed E-state index contributed by atoms with van der Waals surface area (Å²) in [6, 6.07) is 6.39. The van der Waals surface area contributed by atoms with Gasteiger partial charge in [0.2, 0.25) is 10.0 Å². The molecule has 0 amide bonds. The Morgan fingerprint density at radius 1 is 1.42 bits per heavy atom. The van der Waals surface area contributed by atoms with Crippen LogP contribution in [0.4, 0.5) is 0 Å². The molecule has 1 aliphatic heterocycles. The normalized spacial score (nSPS) is 21.8. The molecule has 1 saturated heterocycles. The Hall–Kier alpha value is -1.15. The molecule has 2 unspecified atom stereocenters. The number of ether oxygens (including phenoxy) is 1. The van der Waals surface area contributed by atoms with Crippen LogP contribution in [0.25, 0.3) is 0 Å². The molecule has 1 aromatic rings. The van der Waals surface area contributed by atoms with Crippen molar-refractivity contribution in [1.29, 1.82) is 0 Å². The molecule has 0 spiro atoms. The second kappa shape index (κ2) is 8.80. The largest absolute Gasteiger partial charge is 0.465 e. The van der Waals surface area contributed by atoms with Crippen molar-refractivity contribution < 1.29 is 17.9 Å². The van der Waals surface area contributed by atoms with Gasteiger partial charge in [-0.25, -0.2) is 13.2 Å². The maximum absolute atomic E-state index is 12.7. The molecule has 1 heterocycles. The van der Waals surface area contributed by atoms with E-state index in [9.17, 15) is 13.2 Å². The Morgan fingerprint density at radius 2 is 2.12 bits per heavy atom. The van der Waals surface area contributed by atoms with Gasteiger partial charge in [-0.2, -0.15) is 4.31 Å². The van der Waals surface area contributed by atoms with E-state index in [1.165, 1.54) is 11.4 Å². The zero-order valence-electron chi connectivity index (χ0n) is 14.0. The highest BCUT2D eigenvalue weighted by atomic mass is 35.5. The van der Waals surface area contributed by atoms with Crippen LogP contribution in [0.5, 0.6) is 0 Å². The van der Waals surface area contributed by atoms with Gasteiger partial charge >= 0.3 is 5.97 Å². The van der Waals surface area contributed by atoms with Gasteiger partial charge in [-0.3, -0.25) is 0 Å². The average molecular weight is 377 g/mol. The van der Waals surface area contributed by atoms with E-state index in [1.54, 1.807) is 24.3 Å². The van der Waals surface area contributed by atoms with Crippen molar-refractivity contribution >= 4 is 28.4 Å². The molecule has 0 radical (unpaired) electrons. The average Bonchev–Trinajstić information content (AvgIpc) is 2.53. The van der Waals surface area contributed by atoms with Crippen LogP contribution in [-0.4, -0.2) is 44.9 Å². The highest BCUT2D eigenvalue weighted by molar-refractivity contribution is 7.88. The van der Waals surface area contributed by atoms with Gasteiger partial charge in [0.05, 0.1) is 18.4 Å². The summed E-state index contributed by atoms with van der Waals surface area (Å²) in [5.74, 6) is -0.128. The lowest BCUT2D eigenvalue weighted by Crippen LogP contribution is -2.49. The standard InChI is InChI=1S/C16H24N2O4S.ClH/c1-12-6-7-18(15(8-12)10-17)23(20,21)11-13-4-3-5-14(9-13)16(19)22-2;/h3-5,9,12,15H,6-8,10-11,17H2,1-2H3;1H. The zero-order chi connectivity index (χ0) is 17.0. The molecular weight excluding hydrogens is 352 g/mol. The van der Waals surface area contributed by atoms with Crippen LogP contribution < -0.4 is 5.73 Å². The summed E-state index contributed by atoms with van der Waals surface area (Å²) in [4.78, 5) is 11.6. The number of piperidine rings is 1. The van der Waals surface area contributed by atoms with E-state index >= 15 is 0 Å². The van der Waals surface area contributed by atoms with E-state index in [2.05, 4.69) is 11.7 Å². The smallest absolute Gasteiger partial charge is 0.337 e. The van der Waals surface area contributed by atoms with Crippen LogP contribution in [0, 0.1) is 5.92 Å². The minimum atomic E-state index is -3.47. The van der Waals surface area contributed by atoms with Gasteiger partial charge in [0.15, 0.2) is 0 Å². The number of halogens is 1. The van der Waals surface area contributed by atoms with Crippen molar-refractivity contribution in [1.82, 2.24) is 4.31 Å². The number of carbonyl (C=O) groups excluding carboxylic acids is 1. The maximum Gasteiger partial charge on any atom is 0.337 e. The molecule has 1 fully saturated rings. The third-order valence-corrected chi connectivity index (χ3v) is 6.14. The molecule has 6 nitrogen and oxygen atoms in total. The number of nitrogens with zero attached hydrogens (tertiary/aromatic N) is 1. The first kappa shape index (κ1) is 20.9. The maximum atomic E-state index is 12.7. The monoisotopic (exact) mass is 376 g/mol. The van der Waals surface area contributed by atoms with E-state index in [4.69, 9.17) is 5.73 Å². The molecule has 2 atom stereocenters. The van der Waals surface area contributed by atoms with Crippen LogP contribution in [-0.2, 0) is 20.5 Å². The second-order valence-corrected chi connectivity index (χ2v) is 8.00. The Balaban J connectivity index is 0.00000288. The summed E-state index contributed by atoms with van der Waals surface area (Å²) >= 11 is 0. The van der Waals surface area contributed by atoms with Crippen molar-refractivity contribution in [2.45, 2.75) is 31.6 Å². The molecule has 0 bridgehead atoms. The van der Waals surface area contributed by atoms with E-state index in [-0.39, 0.29) is 24.2 Å². The van der Waals surface area contributed by atoms with Crippen LogP contribution in [0.3, 0.4) is 0 Å². The van der Waals surface area contributed by atoms with Crippen molar-refractivity contribution in [3.8, 4) is 0 Å². The molecule has 0 aliphatic carbocycles. The zero-order valence-corrected chi connectivity index (χ0v) is 15.6. The number of rotatable bonds is 5. The molecule has 1 aliphatic rings. The Labute approximate surface area is 149 Å². The van der Waals surface area contributed by atoms with Gasteiger partial charge < -0.3 is 10.5 Å². The van der Waals surface area contributed by atoms with Gasteiger partial charge in [0.1, 0.15) is 0 Å². The molecule has 0 aromatic heterocycles. The first-order valence-corrected chi connectivity index (χ1v) is 9.35. The predicted molar refractivity (Wildman–Crippen MR) is 95.6 cm³/mol. The first-order valence-electron chi connectivity index (χ1n) is 7.74. The second-order valence-electron chi connectivity index (χ2n) is 6.08. The molecule has 24 heavy (non-hydrogen) atoms. The number of methoxy groups -OCH3 is 1. The fraction of sp³-hybridized carbons (Fsp3) is 0.562. The molecule has 2 N–H and O–H groups in total. The Bertz CT molecular complexity index is 666. The Kier molecular flexibility index (Phi) is 7.66. The number of hydrogen-bond acceptors (Lipinski definition) is 5.